The summed E-state index contributed by atoms with van der Waals surface area (Å²) in [6.07, 6.45) is 2.93. The van der Waals surface area contributed by atoms with Crippen LogP contribution in [0.1, 0.15) is 26.3 Å². The standard InChI is InChI=1S/C19H16N4O2/c1-12-7-8-15(9-16(12)17(20)24)23-19(25)14-10-21-18(22-11-14)13-5-3-2-4-6-13/h2-11H,1H3,(H2,20,24)(H,23,25). The van der Waals surface area contributed by atoms with Gasteiger partial charge in [-0.2, -0.15) is 0 Å². The Morgan fingerprint density at radius 2 is 1.68 bits per heavy atom. The monoisotopic (exact) mass is 332 g/mol. The molecule has 0 saturated heterocycles. The number of hydrogen-bond acceptors (Lipinski definition) is 4. The van der Waals surface area contributed by atoms with Crippen molar-refractivity contribution in [2.24, 2.45) is 5.73 Å². The number of primary amides is 1. The molecule has 0 radical (unpaired) electrons. The molecule has 0 bridgehead atoms. The van der Waals surface area contributed by atoms with Crippen molar-refractivity contribution in [2.45, 2.75) is 6.92 Å². The number of carbonyl (C=O) groups excluding carboxylic acids is 2. The summed E-state index contributed by atoms with van der Waals surface area (Å²) in [4.78, 5) is 32.2. The van der Waals surface area contributed by atoms with Crippen LogP contribution in [0.5, 0.6) is 0 Å². The first-order valence-electron chi connectivity index (χ1n) is 7.64. The van der Waals surface area contributed by atoms with Crippen molar-refractivity contribution in [1.82, 2.24) is 9.97 Å². The molecule has 3 aromatic rings. The Kier molecular flexibility index (Phi) is 4.52. The second-order valence-electron chi connectivity index (χ2n) is 5.51. The number of benzene rings is 2. The van der Waals surface area contributed by atoms with E-state index in [-0.39, 0.29) is 5.91 Å². The van der Waals surface area contributed by atoms with Crippen molar-refractivity contribution in [3.8, 4) is 11.4 Å². The summed E-state index contributed by atoms with van der Waals surface area (Å²) in [7, 11) is 0. The normalized spacial score (nSPS) is 10.3. The Balaban J connectivity index is 1.78. The van der Waals surface area contributed by atoms with Gasteiger partial charge in [0.2, 0.25) is 5.91 Å². The molecule has 0 spiro atoms. The first kappa shape index (κ1) is 16.3. The van der Waals surface area contributed by atoms with Gasteiger partial charge in [-0.15, -0.1) is 0 Å². The van der Waals surface area contributed by atoms with Crippen LogP contribution in [0.25, 0.3) is 11.4 Å². The molecule has 0 fully saturated rings. The van der Waals surface area contributed by atoms with Crippen molar-refractivity contribution in [2.75, 3.05) is 5.32 Å². The van der Waals surface area contributed by atoms with Crippen molar-refractivity contribution >= 4 is 17.5 Å². The predicted molar refractivity (Wildman–Crippen MR) is 95.1 cm³/mol. The number of rotatable bonds is 4. The quantitative estimate of drug-likeness (QED) is 0.767. The number of aryl methyl sites for hydroxylation is 1. The number of nitrogens with two attached hydrogens (primary N) is 1. The number of amides is 2. The van der Waals surface area contributed by atoms with Crippen LogP contribution >= 0.6 is 0 Å². The molecule has 1 aromatic heterocycles. The Hall–Kier alpha value is -3.54. The van der Waals surface area contributed by atoms with Crippen LogP contribution in [0.2, 0.25) is 0 Å². The zero-order valence-electron chi connectivity index (χ0n) is 13.6. The van der Waals surface area contributed by atoms with E-state index in [4.69, 9.17) is 5.73 Å². The third kappa shape index (κ3) is 3.69. The number of aromatic nitrogens is 2. The van der Waals surface area contributed by atoms with E-state index in [1.54, 1.807) is 25.1 Å². The fraction of sp³-hybridized carbons (Fsp3) is 0.0526. The van der Waals surface area contributed by atoms with Gasteiger partial charge in [0, 0.05) is 29.2 Å². The molecule has 2 aromatic carbocycles. The van der Waals surface area contributed by atoms with Gasteiger partial charge >= 0.3 is 0 Å². The molecular weight excluding hydrogens is 316 g/mol. The Morgan fingerprint density at radius 1 is 1.00 bits per heavy atom. The second-order valence-corrected chi connectivity index (χ2v) is 5.51. The summed E-state index contributed by atoms with van der Waals surface area (Å²) in [5.41, 5.74) is 8.12. The van der Waals surface area contributed by atoms with Crippen molar-refractivity contribution in [3.63, 3.8) is 0 Å². The molecule has 3 N–H and O–H groups in total. The van der Waals surface area contributed by atoms with Gasteiger partial charge < -0.3 is 11.1 Å². The van der Waals surface area contributed by atoms with Crippen LogP contribution in [0.4, 0.5) is 5.69 Å². The Labute approximate surface area is 144 Å². The second kappa shape index (κ2) is 6.92. The van der Waals surface area contributed by atoms with E-state index in [9.17, 15) is 9.59 Å². The van der Waals surface area contributed by atoms with E-state index in [0.29, 0.717) is 22.6 Å². The molecule has 124 valence electrons. The van der Waals surface area contributed by atoms with Gasteiger partial charge in [0.05, 0.1) is 5.56 Å². The van der Waals surface area contributed by atoms with E-state index in [1.165, 1.54) is 12.4 Å². The number of hydrogen-bond donors (Lipinski definition) is 2. The number of anilines is 1. The minimum Gasteiger partial charge on any atom is -0.366 e. The lowest BCUT2D eigenvalue weighted by molar-refractivity contribution is 0.0995. The molecule has 6 heteroatoms. The molecule has 0 aliphatic carbocycles. The molecule has 6 nitrogen and oxygen atoms in total. The molecule has 25 heavy (non-hydrogen) atoms. The lowest BCUT2D eigenvalue weighted by Crippen LogP contribution is -2.16. The van der Waals surface area contributed by atoms with E-state index >= 15 is 0 Å². The first-order valence-corrected chi connectivity index (χ1v) is 7.64. The third-order valence-corrected chi connectivity index (χ3v) is 3.71. The maximum absolute atomic E-state index is 12.3. The lowest BCUT2D eigenvalue weighted by atomic mass is 10.1. The highest BCUT2D eigenvalue weighted by Gasteiger charge is 2.11. The molecular formula is C19H16N4O2. The van der Waals surface area contributed by atoms with E-state index in [2.05, 4.69) is 15.3 Å². The van der Waals surface area contributed by atoms with Crippen LogP contribution in [0, 0.1) is 6.92 Å². The Bertz CT molecular complexity index is 922. The van der Waals surface area contributed by atoms with Crippen LogP contribution in [-0.2, 0) is 0 Å². The van der Waals surface area contributed by atoms with Crippen LogP contribution < -0.4 is 11.1 Å². The Morgan fingerprint density at radius 3 is 2.32 bits per heavy atom. The van der Waals surface area contributed by atoms with Gasteiger partial charge in [-0.3, -0.25) is 9.59 Å². The number of nitrogens with zero attached hydrogens (tertiary/aromatic N) is 2. The summed E-state index contributed by atoms with van der Waals surface area (Å²) in [5, 5.41) is 2.71. The summed E-state index contributed by atoms with van der Waals surface area (Å²) in [6, 6.07) is 14.5. The van der Waals surface area contributed by atoms with Gasteiger partial charge in [0.15, 0.2) is 5.82 Å². The van der Waals surface area contributed by atoms with E-state index < -0.39 is 5.91 Å². The zero-order chi connectivity index (χ0) is 17.8. The highest BCUT2D eigenvalue weighted by Crippen LogP contribution is 2.17. The SMILES string of the molecule is Cc1ccc(NC(=O)c2cnc(-c3ccccc3)nc2)cc1C(N)=O. The third-order valence-electron chi connectivity index (χ3n) is 3.71. The minimum atomic E-state index is -0.538. The molecule has 0 aliphatic heterocycles. The van der Waals surface area contributed by atoms with Crippen LogP contribution in [0.15, 0.2) is 60.9 Å². The van der Waals surface area contributed by atoms with Gasteiger partial charge in [0.25, 0.3) is 5.91 Å². The van der Waals surface area contributed by atoms with Crippen LogP contribution in [-0.4, -0.2) is 21.8 Å². The van der Waals surface area contributed by atoms with E-state index in [0.717, 1.165) is 11.1 Å². The highest BCUT2D eigenvalue weighted by atomic mass is 16.2. The molecule has 3 rings (SSSR count). The van der Waals surface area contributed by atoms with Gasteiger partial charge in [-0.1, -0.05) is 36.4 Å². The summed E-state index contributed by atoms with van der Waals surface area (Å²) in [6.45, 7) is 1.78. The van der Waals surface area contributed by atoms with Gasteiger partial charge in [-0.05, 0) is 24.6 Å². The summed E-state index contributed by atoms with van der Waals surface area (Å²) in [5.74, 6) is -0.355. The maximum Gasteiger partial charge on any atom is 0.258 e. The lowest BCUT2D eigenvalue weighted by Gasteiger charge is -2.08. The average Bonchev–Trinajstić information content (AvgIpc) is 2.64. The van der Waals surface area contributed by atoms with Gasteiger partial charge in [-0.25, -0.2) is 9.97 Å². The molecule has 1 heterocycles. The number of nitrogens with one attached hydrogen (secondary N) is 1. The number of carbonyl (C=O) groups is 2. The van der Waals surface area contributed by atoms with Gasteiger partial charge in [0.1, 0.15) is 0 Å². The topological polar surface area (TPSA) is 98.0 Å². The van der Waals surface area contributed by atoms with Crippen LogP contribution in [0.3, 0.4) is 0 Å². The fourth-order valence-corrected chi connectivity index (χ4v) is 2.35. The molecule has 0 unspecified atom stereocenters. The summed E-state index contributed by atoms with van der Waals surface area (Å²) >= 11 is 0. The molecule has 0 aliphatic rings. The molecule has 0 saturated carbocycles. The van der Waals surface area contributed by atoms with Crippen molar-refractivity contribution in [1.29, 1.82) is 0 Å². The largest absolute Gasteiger partial charge is 0.366 e. The predicted octanol–water partition coefficient (Wildman–Crippen LogP) is 2.80. The smallest absolute Gasteiger partial charge is 0.258 e. The molecule has 0 atom stereocenters. The minimum absolute atomic E-state index is 0.320. The summed E-state index contributed by atoms with van der Waals surface area (Å²) < 4.78 is 0. The van der Waals surface area contributed by atoms with Crippen molar-refractivity contribution < 1.29 is 9.59 Å². The highest BCUT2D eigenvalue weighted by molar-refractivity contribution is 6.05. The zero-order valence-corrected chi connectivity index (χ0v) is 13.6. The average molecular weight is 332 g/mol. The maximum atomic E-state index is 12.3. The van der Waals surface area contributed by atoms with E-state index in [1.807, 2.05) is 30.3 Å². The van der Waals surface area contributed by atoms with Crippen molar-refractivity contribution in [3.05, 3.63) is 77.6 Å². The first-order chi connectivity index (χ1) is 12.0. The fourth-order valence-electron chi connectivity index (χ4n) is 2.35. The molecule has 2 amide bonds.